The van der Waals surface area contributed by atoms with E-state index in [1.807, 2.05) is 0 Å². The van der Waals surface area contributed by atoms with Crippen molar-refractivity contribution in [2.24, 2.45) is 0 Å². The average molecular weight is 389 g/mol. The first-order valence-electron chi connectivity index (χ1n) is 7.46. The number of amides is 1. The molecule has 2 aromatic rings. The summed E-state index contributed by atoms with van der Waals surface area (Å²) in [4.78, 5) is 14.6. The van der Waals surface area contributed by atoms with Crippen LogP contribution in [0.3, 0.4) is 0 Å². The van der Waals surface area contributed by atoms with E-state index in [1.165, 1.54) is 31.3 Å². The Balaban J connectivity index is 1.94. The molecule has 2 aromatic carbocycles. The first kappa shape index (κ1) is 18.1. The highest BCUT2D eigenvalue weighted by Crippen LogP contribution is 2.39. The second kappa shape index (κ2) is 7.27. The van der Waals surface area contributed by atoms with E-state index >= 15 is 0 Å². The van der Waals surface area contributed by atoms with Crippen LogP contribution in [0, 0.1) is 0 Å². The highest BCUT2D eigenvalue weighted by molar-refractivity contribution is 8.27. The molecule has 0 aromatic heterocycles. The second-order valence-corrected chi connectivity index (χ2v) is 6.98. The topological polar surface area (TPSA) is 79.2 Å². The predicted molar refractivity (Wildman–Crippen MR) is 105 cm³/mol. The number of phenolic OH excluding ortho intramolecular Hbond substituents is 2. The Morgan fingerprint density at radius 1 is 1.04 bits per heavy atom. The van der Waals surface area contributed by atoms with E-state index in [2.05, 4.69) is 0 Å². The van der Waals surface area contributed by atoms with Crippen LogP contribution in [-0.4, -0.2) is 34.7 Å². The van der Waals surface area contributed by atoms with Crippen LogP contribution >= 0.6 is 24.0 Å². The lowest BCUT2D eigenvalue weighted by Crippen LogP contribution is -2.27. The maximum Gasteiger partial charge on any atom is 0.270 e. The third-order valence-corrected chi connectivity index (χ3v) is 5.02. The average Bonchev–Trinajstić information content (AvgIpc) is 2.91. The van der Waals surface area contributed by atoms with Gasteiger partial charge in [0, 0.05) is 6.07 Å². The standard InChI is InChI=1S/C18H15NO5S2/c1-23-14-6-4-11(9-15(14)24-2)19-17(22)16(26-18(19)25)8-10-3-5-12(20)13(21)7-10/h3-9,20-21H,1-2H3/b16-8+. The van der Waals surface area contributed by atoms with Crippen LogP contribution in [0.15, 0.2) is 41.3 Å². The molecule has 134 valence electrons. The number of thiocarbonyl (C=S) groups is 1. The van der Waals surface area contributed by atoms with Crippen LogP contribution in [0.25, 0.3) is 6.08 Å². The van der Waals surface area contributed by atoms with Gasteiger partial charge in [-0.1, -0.05) is 30.0 Å². The quantitative estimate of drug-likeness (QED) is 0.470. The number of anilines is 1. The molecule has 0 bridgehead atoms. The van der Waals surface area contributed by atoms with Crippen molar-refractivity contribution in [2.75, 3.05) is 19.1 Å². The Morgan fingerprint density at radius 3 is 2.42 bits per heavy atom. The predicted octanol–water partition coefficient (Wildman–Crippen LogP) is 3.52. The summed E-state index contributed by atoms with van der Waals surface area (Å²) in [5.74, 6) is 0.289. The smallest absolute Gasteiger partial charge is 0.270 e. The number of nitrogens with zero attached hydrogens (tertiary/aromatic N) is 1. The van der Waals surface area contributed by atoms with Gasteiger partial charge in [-0.15, -0.1) is 0 Å². The first-order chi connectivity index (χ1) is 12.4. The normalized spacial score (nSPS) is 15.6. The summed E-state index contributed by atoms with van der Waals surface area (Å²) >= 11 is 6.50. The van der Waals surface area contributed by atoms with Gasteiger partial charge in [0.05, 0.1) is 24.8 Å². The molecule has 0 atom stereocenters. The largest absolute Gasteiger partial charge is 0.504 e. The van der Waals surface area contributed by atoms with Gasteiger partial charge in [0.15, 0.2) is 27.3 Å². The van der Waals surface area contributed by atoms with E-state index in [4.69, 9.17) is 21.7 Å². The van der Waals surface area contributed by atoms with Crippen molar-refractivity contribution < 1.29 is 24.5 Å². The van der Waals surface area contributed by atoms with Gasteiger partial charge in [0.2, 0.25) is 0 Å². The minimum absolute atomic E-state index is 0.222. The van der Waals surface area contributed by atoms with Crippen molar-refractivity contribution in [3.8, 4) is 23.0 Å². The van der Waals surface area contributed by atoms with E-state index in [9.17, 15) is 15.0 Å². The van der Waals surface area contributed by atoms with E-state index < -0.39 is 0 Å². The number of ether oxygens (including phenoxy) is 2. The molecule has 0 radical (unpaired) electrons. The Bertz CT molecular complexity index is 926. The van der Waals surface area contributed by atoms with Gasteiger partial charge in [-0.2, -0.15) is 0 Å². The molecule has 2 N–H and O–H groups in total. The van der Waals surface area contributed by atoms with E-state index in [0.29, 0.717) is 32.0 Å². The Hall–Kier alpha value is -2.71. The molecular formula is C18H15NO5S2. The molecule has 1 fully saturated rings. The molecule has 0 unspecified atom stereocenters. The van der Waals surface area contributed by atoms with Gasteiger partial charge in [0.1, 0.15) is 0 Å². The molecule has 8 heteroatoms. The van der Waals surface area contributed by atoms with Crippen molar-refractivity contribution in [2.45, 2.75) is 0 Å². The number of carbonyl (C=O) groups excluding carboxylic acids is 1. The molecule has 0 spiro atoms. The zero-order valence-electron chi connectivity index (χ0n) is 13.9. The highest BCUT2D eigenvalue weighted by atomic mass is 32.2. The second-order valence-electron chi connectivity index (χ2n) is 5.30. The molecular weight excluding hydrogens is 374 g/mol. The lowest BCUT2D eigenvalue weighted by molar-refractivity contribution is -0.113. The summed E-state index contributed by atoms with van der Waals surface area (Å²) in [7, 11) is 3.05. The number of benzene rings is 2. The third-order valence-electron chi connectivity index (χ3n) is 3.72. The number of hydrogen-bond acceptors (Lipinski definition) is 7. The monoisotopic (exact) mass is 389 g/mol. The SMILES string of the molecule is COc1ccc(N2C(=O)/C(=C\c3ccc(O)c(O)c3)SC2=S)cc1OC. The van der Waals surface area contributed by atoms with E-state index in [1.54, 1.807) is 30.3 Å². The number of phenols is 2. The Labute approximate surface area is 159 Å². The molecule has 3 rings (SSSR count). The summed E-state index contributed by atoms with van der Waals surface area (Å²) in [6.45, 7) is 0. The van der Waals surface area contributed by atoms with Gasteiger partial charge in [-0.3, -0.25) is 9.69 Å². The van der Waals surface area contributed by atoms with Gasteiger partial charge < -0.3 is 19.7 Å². The minimum atomic E-state index is -0.278. The number of hydrogen-bond donors (Lipinski definition) is 2. The van der Waals surface area contributed by atoms with Crippen molar-refractivity contribution in [1.82, 2.24) is 0 Å². The maximum absolute atomic E-state index is 12.8. The van der Waals surface area contributed by atoms with Crippen LogP contribution in [0.4, 0.5) is 5.69 Å². The van der Waals surface area contributed by atoms with Crippen molar-refractivity contribution in [3.05, 3.63) is 46.9 Å². The molecule has 1 saturated heterocycles. The van der Waals surface area contributed by atoms with Crippen molar-refractivity contribution in [3.63, 3.8) is 0 Å². The molecule has 0 saturated carbocycles. The van der Waals surface area contributed by atoms with Crippen LogP contribution in [-0.2, 0) is 4.79 Å². The highest BCUT2D eigenvalue weighted by Gasteiger charge is 2.33. The summed E-state index contributed by atoms with van der Waals surface area (Å²) in [5.41, 5.74) is 1.15. The number of methoxy groups -OCH3 is 2. The fraction of sp³-hybridized carbons (Fsp3) is 0.111. The molecule has 6 nitrogen and oxygen atoms in total. The number of rotatable bonds is 4. The van der Waals surface area contributed by atoms with Gasteiger partial charge in [0.25, 0.3) is 5.91 Å². The zero-order chi connectivity index (χ0) is 18.8. The lowest BCUT2D eigenvalue weighted by Gasteiger charge is -2.16. The first-order valence-corrected chi connectivity index (χ1v) is 8.69. The number of carbonyl (C=O) groups is 1. The summed E-state index contributed by atoms with van der Waals surface area (Å²) in [6, 6.07) is 9.43. The maximum atomic E-state index is 12.8. The summed E-state index contributed by atoms with van der Waals surface area (Å²) in [6.07, 6.45) is 1.61. The van der Waals surface area contributed by atoms with E-state index in [0.717, 1.165) is 11.8 Å². The molecule has 0 aliphatic carbocycles. The minimum Gasteiger partial charge on any atom is -0.504 e. The lowest BCUT2D eigenvalue weighted by atomic mass is 10.2. The molecule has 26 heavy (non-hydrogen) atoms. The summed E-state index contributed by atoms with van der Waals surface area (Å²) in [5, 5.41) is 19.0. The van der Waals surface area contributed by atoms with Gasteiger partial charge >= 0.3 is 0 Å². The fourth-order valence-electron chi connectivity index (χ4n) is 2.44. The fourth-order valence-corrected chi connectivity index (χ4v) is 3.73. The van der Waals surface area contributed by atoms with Crippen LogP contribution < -0.4 is 14.4 Å². The molecule has 1 aliphatic rings. The number of aromatic hydroxyl groups is 2. The van der Waals surface area contributed by atoms with Crippen molar-refractivity contribution in [1.29, 1.82) is 0 Å². The molecule has 1 aliphatic heterocycles. The van der Waals surface area contributed by atoms with Crippen molar-refractivity contribution >= 4 is 46.0 Å². The van der Waals surface area contributed by atoms with Crippen LogP contribution in [0.1, 0.15) is 5.56 Å². The van der Waals surface area contributed by atoms with Gasteiger partial charge in [-0.25, -0.2) is 0 Å². The number of thioether (sulfide) groups is 1. The summed E-state index contributed by atoms with van der Waals surface area (Å²) < 4.78 is 10.9. The molecule has 1 heterocycles. The Morgan fingerprint density at radius 2 is 1.77 bits per heavy atom. The van der Waals surface area contributed by atoms with Gasteiger partial charge in [-0.05, 0) is 35.9 Å². The third kappa shape index (κ3) is 3.33. The van der Waals surface area contributed by atoms with E-state index in [-0.39, 0.29) is 17.4 Å². The Kier molecular flexibility index (Phi) is 5.06. The van der Waals surface area contributed by atoms with Crippen LogP contribution in [0.2, 0.25) is 0 Å². The van der Waals surface area contributed by atoms with Crippen LogP contribution in [0.5, 0.6) is 23.0 Å². The molecule has 1 amide bonds. The zero-order valence-corrected chi connectivity index (χ0v) is 15.6.